The summed E-state index contributed by atoms with van der Waals surface area (Å²) in [6.07, 6.45) is 1.14. The minimum Gasteiger partial charge on any atom is -0.311 e. The summed E-state index contributed by atoms with van der Waals surface area (Å²) < 4.78 is 13.3. The van der Waals surface area contributed by atoms with Gasteiger partial charge >= 0.3 is 0 Å². The van der Waals surface area contributed by atoms with E-state index in [1.807, 2.05) is 6.07 Å². The summed E-state index contributed by atoms with van der Waals surface area (Å²) in [4.78, 5) is 2.45. The van der Waals surface area contributed by atoms with Gasteiger partial charge in [-0.05, 0) is 43.5 Å². The van der Waals surface area contributed by atoms with Crippen molar-refractivity contribution in [3.63, 3.8) is 0 Å². The molecule has 0 spiro atoms. The smallest absolute Gasteiger partial charge is 0.123 e. The van der Waals surface area contributed by atoms with E-state index in [0.717, 1.165) is 31.6 Å². The molecule has 1 fully saturated rings. The molecule has 1 heterocycles. The molecule has 2 unspecified atom stereocenters. The first-order chi connectivity index (χ1) is 8.60. The van der Waals surface area contributed by atoms with Crippen molar-refractivity contribution >= 4 is 0 Å². The lowest BCUT2D eigenvalue weighted by Crippen LogP contribution is -2.54. The Balaban J connectivity index is 2.09. The standard InChI is InChI=1S/C15H23FN2/c1-4-15-10-18(12(3)8-17-15)9-13-7-14(16)6-5-11(13)2/h5-7,12,15,17H,4,8-10H2,1-3H3. The maximum absolute atomic E-state index is 13.3. The Kier molecular flexibility index (Phi) is 4.36. The van der Waals surface area contributed by atoms with Gasteiger partial charge in [0.2, 0.25) is 0 Å². The first-order valence-corrected chi connectivity index (χ1v) is 6.82. The molecule has 18 heavy (non-hydrogen) atoms. The molecule has 1 aromatic carbocycles. The molecule has 1 aliphatic rings. The highest BCUT2D eigenvalue weighted by atomic mass is 19.1. The number of aryl methyl sites for hydroxylation is 1. The van der Waals surface area contributed by atoms with E-state index in [0.29, 0.717) is 12.1 Å². The SMILES string of the molecule is CCC1CN(Cc2cc(F)ccc2C)C(C)CN1. The number of halogens is 1. The van der Waals surface area contributed by atoms with Crippen molar-refractivity contribution < 1.29 is 4.39 Å². The van der Waals surface area contributed by atoms with Crippen molar-refractivity contribution in [2.75, 3.05) is 13.1 Å². The van der Waals surface area contributed by atoms with Gasteiger partial charge in [-0.1, -0.05) is 13.0 Å². The number of rotatable bonds is 3. The van der Waals surface area contributed by atoms with Crippen molar-refractivity contribution in [2.24, 2.45) is 0 Å². The van der Waals surface area contributed by atoms with Crippen LogP contribution in [0.15, 0.2) is 18.2 Å². The second kappa shape index (κ2) is 5.81. The summed E-state index contributed by atoms with van der Waals surface area (Å²) in [6, 6.07) is 6.15. The van der Waals surface area contributed by atoms with Crippen LogP contribution in [0.25, 0.3) is 0 Å². The van der Waals surface area contributed by atoms with Gasteiger partial charge in [-0.15, -0.1) is 0 Å². The monoisotopic (exact) mass is 250 g/mol. The van der Waals surface area contributed by atoms with E-state index in [4.69, 9.17) is 0 Å². The second-order valence-corrected chi connectivity index (χ2v) is 5.36. The van der Waals surface area contributed by atoms with Crippen molar-refractivity contribution in [2.45, 2.75) is 45.8 Å². The number of hydrogen-bond acceptors (Lipinski definition) is 2. The summed E-state index contributed by atoms with van der Waals surface area (Å²) in [7, 11) is 0. The van der Waals surface area contributed by atoms with Crippen LogP contribution in [0, 0.1) is 12.7 Å². The van der Waals surface area contributed by atoms with Gasteiger partial charge in [0.1, 0.15) is 5.82 Å². The van der Waals surface area contributed by atoms with Crippen LogP contribution in [0.5, 0.6) is 0 Å². The molecule has 0 bridgehead atoms. The summed E-state index contributed by atoms with van der Waals surface area (Å²) >= 11 is 0. The van der Waals surface area contributed by atoms with E-state index in [9.17, 15) is 4.39 Å². The fraction of sp³-hybridized carbons (Fsp3) is 0.600. The van der Waals surface area contributed by atoms with Crippen LogP contribution in [0.4, 0.5) is 4.39 Å². The number of benzene rings is 1. The van der Waals surface area contributed by atoms with Crippen LogP contribution >= 0.6 is 0 Å². The van der Waals surface area contributed by atoms with E-state index in [1.54, 1.807) is 6.07 Å². The lowest BCUT2D eigenvalue weighted by atomic mass is 10.0. The molecule has 100 valence electrons. The number of hydrogen-bond donors (Lipinski definition) is 1. The zero-order valence-electron chi connectivity index (χ0n) is 11.5. The highest BCUT2D eigenvalue weighted by Crippen LogP contribution is 2.17. The summed E-state index contributed by atoms with van der Waals surface area (Å²) in [5, 5.41) is 3.54. The lowest BCUT2D eigenvalue weighted by molar-refractivity contribution is 0.131. The van der Waals surface area contributed by atoms with Gasteiger partial charge in [0.25, 0.3) is 0 Å². The van der Waals surface area contributed by atoms with Gasteiger partial charge in [-0.2, -0.15) is 0 Å². The first-order valence-electron chi connectivity index (χ1n) is 6.82. The van der Waals surface area contributed by atoms with Crippen LogP contribution in [0.3, 0.4) is 0 Å². The van der Waals surface area contributed by atoms with Gasteiger partial charge in [0, 0.05) is 31.7 Å². The fourth-order valence-corrected chi connectivity index (χ4v) is 2.52. The normalized spacial score (nSPS) is 25.3. The summed E-state index contributed by atoms with van der Waals surface area (Å²) in [6.45, 7) is 9.41. The average molecular weight is 250 g/mol. The highest BCUT2D eigenvalue weighted by molar-refractivity contribution is 5.26. The second-order valence-electron chi connectivity index (χ2n) is 5.36. The minimum absolute atomic E-state index is 0.134. The molecule has 2 nitrogen and oxygen atoms in total. The van der Waals surface area contributed by atoms with Crippen molar-refractivity contribution in [1.29, 1.82) is 0 Å². The van der Waals surface area contributed by atoms with Crippen LogP contribution in [-0.2, 0) is 6.54 Å². The average Bonchev–Trinajstić information content (AvgIpc) is 2.36. The first kappa shape index (κ1) is 13.5. The Morgan fingerprint density at radius 2 is 2.22 bits per heavy atom. The van der Waals surface area contributed by atoms with Crippen LogP contribution < -0.4 is 5.32 Å². The van der Waals surface area contributed by atoms with E-state index in [-0.39, 0.29) is 5.82 Å². The van der Waals surface area contributed by atoms with Gasteiger partial charge in [-0.3, -0.25) is 4.90 Å². The topological polar surface area (TPSA) is 15.3 Å². The minimum atomic E-state index is -0.134. The van der Waals surface area contributed by atoms with E-state index >= 15 is 0 Å². The molecule has 2 rings (SSSR count). The van der Waals surface area contributed by atoms with Crippen molar-refractivity contribution in [1.82, 2.24) is 10.2 Å². The predicted molar refractivity (Wildman–Crippen MR) is 73.1 cm³/mol. The molecule has 1 saturated heterocycles. The largest absolute Gasteiger partial charge is 0.311 e. The molecular weight excluding hydrogens is 227 g/mol. The van der Waals surface area contributed by atoms with Gasteiger partial charge < -0.3 is 5.32 Å². The molecule has 1 aromatic rings. The zero-order chi connectivity index (χ0) is 13.1. The predicted octanol–water partition coefficient (Wildman–Crippen LogP) is 2.71. The molecule has 0 radical (unpaired) electrons. The Morgan fingerprint density at radius 3 is 2.94 bits per heavy atom. The molecular formula is C15H23FN2. The lowest BCUT2D eigenvalue weighted by Gasteiger charge is -2.38. The summed E-state index contributed by atoms with van der Waals surface area (Å²) in [5.74, 6) is -0.134. The van der Waals surface area contributed by atoms with Gasteiger partial charge in [0.05, 0.1) is 0 Å². The molecule has 1 N–H and O–H groups in total. The van der Waals surface area contributed by atoms with Crippen LogP contribution in [0.1, 0.15) is 31.4 Å². The quantitative estimate of drug-likeness (QED) is 0.887. The van der Waals surface area contributed by atoms with Crippen molar-refractivity contribution in [3.8, 4) is 0 Å². The number of nitrogens with one attached hydrogen (secondary N) is 1. The van der Waals surface area contributed by atoms with Crippen LogP contribution in [-0.4, -0.2) is 30.1 Å². The highest BCUT2D eigenvalue weighted by Gasteiger charge is 2.24. The summed E-state index contributed by atoms with van der Waals surface area (Å²) in [5.41, 5.74) is 2.29. The third-order valence-electron chi connectivity index (χ3n) is 3.96. The van der Waals surface area contributed by atoms with E-state index in [1.165, 1.54) is 11.6 Å². The zero-order valence-corrected chi connectivity index (χ0v) is 11.5. The third kappa shape index (κ3) is 3.09. The third-order valence-corrected chi connectivity index (χ3v) is 3.96. The molecule has 0 aliphatic carbocycles. The maximum atomic E-state index is 13.3. The fourth-order valence-electron chi connectivity index (χ4n) is 2.52. The molecule has 0 aromatic heterocycles. The Labute approximate surface area is 109 Å². The van der Waals surface area contributed by atoms with Gasteiger partial charge in [-0.25, -0.2) is 4.39 Å². The molecule has 1 aliphatic heterocycles. The Bertz CT molecular complexity index is 405. The molecule has 0 saturated carbocycles. The van der Waals surface area contributed by atoms with E-state index < -0.39 is 0 Å². The Morgan fingerprint density at radius 1 is 1.44 bits per heavy atom. The Hall–Kier alpha value is -0.930. The molecule has 3 heteroatoms. The van der Waals surface area contributed by atoms with Gasteiger partial charge in [0.15, 0.2) is 0 Å². The van der Waals surface area contributed by atoms with Crippen LogP contribution in [0.2, 0.25) is 0 Å². The maximum Gasteiger partial charge on any atom is 0.123 e. The molecule has 2 atom stereocenters. The van der Waals surface area contributed by atoms with E-state index in [2.05, 4.69) is 31.0 Å². The number of piperazine rings is 1. The molecule has 0 amide bonds. The van der Waals surface area contributed by atoms with Crippen molar-refractivity contribution in [3.05, 3.63) is 35.1 Å². The number of nitrogens with zero attached hydrogens (tertiary/aromatic N) is 1.